The number of rotatable bonds is 2. The largest absolute Gasteiger partial charge is 0.463 e. The fourth-order valence-electron chi connectivity index (χ4n) is 1.59. The van der Waals surface area contributed by atoms with Gasteiger partial charge >= 0.3 is 5.97 Å². The molecule has 0 spiro atoms. The van der Waals surface area contributed by atoms with Gasteiger partial charge in [0.1, 0.15) is 0 Å². The van der Waals surface area contributed by atoms with Crippen molar-refractivity contribution in [2.24, 2.45) is 5.92 Å². The summed E-state index contributed by atoms with van der Waals surface area (Å²) in [5.41, 5.74) is 0.627. The van der Waals surface area contributed by atoms with Gasteiger partial charge in [0.05, 0.1) is 6.61 Å². The molecule has 14 heavy (non-hydrogen) atoms. The predicted octanol–water partition coefficient (Wildman–Crippen LogP) is 1.86. The summed E-state index contributed by atoms with van der Waals surface area (Å²) < 4.78 is 4.76. The second kappa shape index (κ2) is 4.94. The standard InChI is InChI=1S/C11H16O3/c1-3-14-11(13)7-9-6-8(2)4-5-10(9)12/h7-8H,3-6H2,1-2H3/b9-7-. The summed E-state index contributed by atoms with van der Waals surface area (Å²) in [5, 5.41) is 0. The highest BCUT2D eigenvalue weighted by Crippen LogP contribution is 2.25. The van der Waals surface area contributed by atoms with Crippen molar-refractivity contribution in [3.05, 3.63) is 11.6 Å². The van der Waals surface area contributed by atoms with Crippen LogP contribution in [0.3, 0.4) is 0 Å². The lowest BCUT2D eigenvalue weighted by Crippen LogP contribution is -2.16. The Morgan fingerprint density at radius 2 is 2.36 bits per heavy atom. The Labute approximate surface area is 84.1 Å². The van der Waals surface area contributed by atoms with Gasteiger partial charge in [-0.2, -0.15) is 0 Å². The number of ether oxygens (including phenoxy) is 1. The Morgan fingerprint density at radius 1 is 1.64 bits per heavy atom. The zero-order valence-corrected chi connectivity index (χ0v) is 8.71. The van der Waals surface area contributed by atoms with Crippen LogP contribution in [-0.2, 0) is 14.3 Å². The Morgan fingerprint density at radius 3 is 3.00 bits per heavy atom. The number of esters is 1. The zero-order valence-electron chi connectivity index (χ0n) is 8.71. The Balaban J connectivity index is 2.64. The summed E-state index contributed by atoms with van der Waals surface area (Å²) in [6.07, 6.45) is 3.55. The van der Waals surface area contributed by atoms with E-state index in [9.17, 15) is 9.59 Å². The summed E-state index contributed by atoms with van der Waals surface area (Å²) in [6, 6.07) is 0. The van der Waals surface area contributed by atoms with Gasteiger partial charge in [0.2, 0.25) is 0 Å². The highest BCUT2D eigenvalue weighted by atomic mass is 16.5. The molecule has 1 aliphatic rings. The Bertz CT molecular complexity index is 266. The normalized spacial score (nSPS) is 25.1. The van der Waals surface area contributed by atoms with Crippen molar-refractivity contribution in [3.63, 3.8) is 0 Å². The van der Waals surface area contributed by atoms with Crippen molar-refractivity contribution in [3.8, 4) is 0 Å². The molecule has 0 bridgehead atoms. The Hall–Kier alpha value is -1.12. The first-order valence-electron chi connectivity index (χ1n) is 5.04. The summed E-state index contributed by atoms with van der Waals surface area (Å²) >= 11 is 0. The topological polar surface area (TPSA) is 43.4 Å². The van der Waals surface area contributed by atoms with Crippen molar-refractivity contribution >= 4 is 11.8 Å². The monoisotopic (exact) mass is 196 g/mol. The highest BCUT2D eigenvalue weighted by molar-refractivity contribution is 6.01. The van der Waals surface area contributed by atoms with Crippen LogP contribution in [-0.4, -0.2) is 18.4 Å². The minimum Gasteiger partial charge on any atom is -0.463 e. The predicted molar refractivity (Wildman–Crippen MR) is 52.7 cm³/mol. The van der Waals surface area contributed by atoms with Crippen LogP contribution in [0.5, 0.6) is 0 Å². The summed E-state index contributed by atoms with van der Waals surface area (Å²) in [7, 11) is 0. The van der Waals surface area contributed by atoms with Crippen molar-refractivity contribution in [2.75, 3.05) is 6.61 Å². The highest BCUT2D eigenvalue weighted by Gasteiger charge is 2.21. The number of ketones is 1. The van der Waals surface area contributed by atoms with Gasteiger partial charge in [0, 0.05) is 18.1 Å². The van der Waals surface area contributed by atoms with Gasteiger partial charge in [-0.25, -0.2) is 4.79 Å². The third kappa shape index (κ3) is 2.98. The van der Waals surface area contributed by atoms with E-state index >= 15 is 0 Å². The van der Waals surface area contributed by atoms with E-state index in [1.165, 1.54) is 6.08 Å². The second-order valence-corrected chi connectivity index (χ2v) is 3.69. The van der Waals surface area contributed by atoms with Gasteiger partial charge in [-0.1, -0.05) is 6.92 Å². The van der Waals surface area contributed by atoms with E-state index < -0.39 is 5.97 Å². The van der Waals surface area contributed by atoms with E-state index in [4.69, 9.17) is 4.74 Å². The van der Waals surface area contributed by atoms with Gasteiger partial charge < -0.3 is 4.74 Å². The molecule has 0 aliphatic heterocycles. The van der Waals surface area contributed by atoms with Gasteiger partial charge in [-0.3, -0.25) is 4.79 Å². The molecule has 0 radical (unpaired) electrons. The summed E-state index contributed by atoms with van der Waals surface area (Å²) in [6.45, 7) is 4.19. The lowest BCUT2D eigenvalue weighted by atomic mass is 9.86. The number of Topliss-reactive ketones (excluding diaryl/α,β-unsaturated/α-hetero) is 1. The molecule has 0 N–H and O–H groups in total. The van der Waals surface area contributed by atoms with Crippen LogP contribution in [0.1, 0.15) is 33.1 Å². The lowest BCUT2D eigenvalue weighted by molar-refractivity contribution is -0.137. The lowest BCUT2D eigenvalue weighted by Gasteiger charge is -2.18. The van der Waals surface area contributed by atoms with Crippen molar-refractivity contribution in [1.82, 2.24) is 0 Å². The SMILES string of the molecule is CCOC(=O)/C=C1/CC(C)CCC1=O. The maximum Gasteiger partial charge on any atom is 0.331 e. The van der Waals surface area contributed by atoms with Crippen LogP contribution in [0.4, 0.5) is 0 Å². The van der Waals surface area contributed by atoms with Crippen LogP contribution >= 0.6 is 0 Å². The molecule has 0 aromatic carbocycles. The van der Waals surface area contributed by atoms with E-state index in [0.717, 1.165) is 6.42 Å². The third-order valence-electron chi connectivity index (χ3n) is 2.37. The maximum absolute atomic E-state index is 11.4. The minimum atomic E-state index is -0.398. The molecule has 0 amide bonds. The zero-order chi connectivity index (χ0) is 10.6. The molecule has 1 saturated carbocycles. The van der Waals surface area contributed by atoms with Gasteiger partial charge in [0.25, 0.3) is 0 Å². The van der Waals surface area contributed by atoms with Crippen LogP contribution in [0.15, 0.2) is 11.6 Å². The molecule has 78 valence electrons. The average molecular weight is 196 g/mol. The van der Waals surface area contributed by atoms with Crippen molar-refractivity contribution in [2.45, 2.75) is 33.1 Å². The number of allylic oxidation sites excluding steroid dienone is 1. The van der Waals surface area contributed by atoms with Gasteiger partial charge in [-0.05, 0) is 25.7 Å². The molecule has 3 nitrogen and oxygen atoms in total. The molecule has 0 aromatic heterocycles. The molecule has 3 heteroatoms. The van der Waals surface area contributed by atoms with E-state index in [0.29, 0.717) is 30.9 Å². The number of carbonyl (C=O) groups excluding carboxylic acids is 2. The fourth-order valence-corrected chi connectivity index (χ4v) is 1.59. The smallest absolute Gasteiger partial charge is 0.331 e. The minimum absolute atomic E-state index is 0.0937. The first-order valence-corrected chi connectivity index (χ1v) is 5.04. The molecule has 1 fully saturated rings. The van der Waals surface area contributed by atoms with E-state index in [1.807, 2.05) is 0 Å². The van der Waals surface area contributed by atoms with Crippen molar-refractivity contribution < 1.29 is 14.3 Å². The van der Waals surface area contributed by atoms with E-state index in [-0.39, 0.29) is 5.78 Å². The first-order chi connectivity index (χ1) is 6.63. The van der Waals surface area contributed by atoms with E-state index in [2.05, 4.69) is 6.92 Å². The summed E-state index contributed by atoms with van der Waals surface area (Å²) in [5.74, 6) is 0.189. The quantitative estimate of drug-likeness (QED) is 0.500. The average Bonchev–Trinajstić information content (AvgIpc) is 2.12. The van der Waals surface area contributed by atoms with Crippen LogP contribution in [0.25, 0.3) is 0 Å². The number of carbonyl (C=O) groups is 2. The number of hydrogen-bond donors (Lipinski definition) is 0. The molecule has 1 rings (SSSR count). The van der Waals surface area contributed by atoms with Gasteiger partial charge in [0.15, 0.2) is 5.78 Å². The third-order valence-corrected chi connectivity index (χ3v) is 2.37. The van der Waals surface area contributed by atoms with Crippen LogP contribution in [0, 0.1) is 5.92 Å². The second-order valence-electron chi connectivity index (χ2n) is 3.69. The molecule has 1 unspecified atom stereocenters. The molecule has 1 aliphatic carbocycles. The maximum atomic E-state index is 11.4. The van der Waals surface area contributed by atoms with Crippen LogP contribution in [0.2, 0.25) is 0 Å². The van der Waals surface area contributed by atoms with Crippen molar-refractivity contribution in [1.29, 1.82) is 0 Å². The summed E-state index contributed by atoms with van der Waals surface area (Å²) in [4.78, 5) is 22.5. The van der Waals surface area contributed by atoms with Crippen LogP contribution < -0.4 is 0 Å². The molecular formula is C11H16O3. The van der Waals surface area contributed by atoms with E-state index in [1.54, 1.807) is 6.92 Å². The Kier molecular flexibility index (Phi) is 3.86. The molecular weight excluding hydrogens is 180 g/mol. The molecule has 1 atom stereocenters. The molecule has 0 saturated heterocycles. The first kappa shape index (κ1) is 11.0. The fraction of sp³-hybridized carbons (Fsp3) is 0.636. The molecule has 0 aromatic rings. The van der Waals surface area contributed by atoms with Gasteiger partial charge in [-0.15, -0.1) is 0 Å². The number of hydrogen-bond acceptors (Lipinski definition) is 3. The molecule has 0 heterocycles.